The van der Waals surface area contributed by atoms with Crippen LogP contribution in [0.25, 0.3) is 0 Å². The van der Waals surface area contributed by atoms with Gasteiger partial charge in [0.25, 0.3) is 0 Å². The SMILES string of the molecule is CC[Si](CC)(CC)C(O[Si](CCCN)(OC)OC)[Si](CC)(CC)CC. The summed E-state index contributed by atoms with van der Waals surface area (Å²) < 4.78 is 19.0. The Morgan fingerprint density at radius 1 is 0.720 bits per heavy atom. The van der Waals surface area contributed by atoms with Gasteiger partial charge in [-0.2, -0.15) is 0 Å². The van der Waals surface area contributed by atoms with Crippen molar-refractivity contribution in [2.24, 2.45) is 5.73 Å². The highest BCUT2D eigenvalue weighted by Crippen LogP contribution is 2.40. The zero-order valence-electron chi connectivity index (χ0n) is 18.2. The van der Waals surface area contributed by atoms with Crippen molar-refractivity contribution in [3.05, 3.63) is 0 Å². The quantitative estimate of drug-likeness (QED) is 0.386. The van der Waals surface area contributed by atoms with Gasteiger partial charge in [0, 0.05) is 25.6 Å². The minimum atomic E-state index is -2.66. The molecule has 0 rings (SSSR count). The van der Waals surface area contributed by atoms with Crippen molar-refractivity contribution in [3.63, 3.8) is 0 Å². The van der Waals surface area contributed by atoms with Gasteiger partial charge in [-0.05, 0) is 13.0 Å². The Hall–Kier alpha value is 0.491. The molecule has 0 spiro atoms. The molecule has 0 aromatic rings. The fourth-order valence-corrected chi connectivity index (χ4v) is 23.5. The highest BCUT2D eigenvalue weighted by atomic mass is 28.4. The minimum Gasteiger partial charge on any atom is -0.377 e. The molecule has 0 saturated heterocycles. The Morgan fingerprint density at radius 3 is 1.32 bits per heavy atom. The Kier molecular flexibility index (Phi) is 12.3. The zero-order chi connectivity index (χ0) is 19.6. The van der Waals surface area contributed by atoms with Gasteiger partial charge in [-0.15, -0.1) is 0 Å². The van der Waals surface area contributed by atoms with Crippen LogP contribution < -0.4 is 5.73 Å². The highest BCUT2D eigenvalue weighted by Gasteiger charge is 2.54. The molecule has 0 fully saturated rings. The molecule has 7 heteroatoms. The molecule has 0 heterocycles. The fourth-order valence-electron chi connectivity index (χ4n) is 4.45. The molecule has 0 atom stereocenters. The summed E-state index contributed by atoms with van der Waals surface area (Å²) in [6.45, 7) is 15.0. The first kappa shape index (κ1) is 25.5. The van der Waals surface area contributed by atoms with Crippen molar-refractivity contribution in [1.29, 1.82) is 0 Å². The van der Waals surface area contributed by atoms with Gasteiger partial charge in [0.2, 0.25) is 0 Å². The number of nitrogens with two attached hydrogens (primary N) is 1. The van der Waals surface area contributed by atoms with Crippen LogP contribution in [0.2, 0.25) is 42.3 Å². The molecular formula is C18H45NO3Si3. The summed E-state index contributed by atoms with van der Waals surface area (Å²) in [7, 11) is -2.21. The van der Waals surface area contributed by atoms with Gasteiger partial charge in [-0.25, -0.2) is 0 Å². The second kappa shape index (κ2) is 12.0. The maximum absolute atomic E-state index is 7.08. The van der Waals surface area contributed by atoms with E-state index in [2.05, 4.69) is 41.5 Å². The zero-order valence-corrected chi connectivity index (χ0v) is 21.2. The molecule has 0 aliphatic rings. The molecule has 0 aliphatic heterocycles. The number of rotatable bonds is 15. The first-order valence-electron chi connectivity index (χ1n) is 10.4. The highest BCUT2D eigenvalue weighted by molar-refractivity contribution is 6.99. The fraction of sp³-hybridized carbons (Fsp3) is 1.00. The van der Waals surface area contributed by atoms with Gasteiger partial charge in [0.05, 0.1) is 16.1 Å². The van der Waals surface area contributed by atoms with Gasteiger partial charge in [0.1, 0.15) is 0 Å². The third-order valence-electron chi connectivity index (χ3n) is 6.94. The van der Waals surface area contributed by atoms with Crippen molar-refractivity contribution in [2.45, 2.75) is 95.6 Å². The van der Waals surface area contributed by atoms with E-state index < -0.39 is 25.0 Å². The van der Waals surface area contributed by atoms with E-state index in [1.807, 2.05) is 0 Å². The van der Waals surface area contributed by atoms with E-state index >= 15 is 0 Å². The summed E-state index contributed by atoms with van der Waals surface area (Å²) in [6.07, 6.45) is 0.901. The molecule has 4 nitrogen and oxygen atoms in total. The topological polar surface area (TPSA) is 53.7 Å². The number of hydrogen-bond acceptors (Lipinski definition) is 4. The molecule has 0 amide bonds. The molecule has 0 aromatic heterocycles. The Morgan fingerprint density at radius 2 is 1.08 bits per heavy atom. The Balaban J connectivity index is 6.11. The van der Waals surface area contributed by atoms with Crippen LogP contribution in [0, 0.1) is 0 Å². The van der Waals surface area contributed by atoms with Crippen LogP contribution in [0.3, 0.4) is 0 Å². The largest absolute Gasteiger partial charge is 0.500 e. The first-order valence-corrected chi connectivity index (χ1v) is 17.7. The molecule has 0 aromatic carbocycles. The second-order valence-electron chi connectivity index (χ2n) is 7.33. The lowest BCUT2D eigenvalue weighted by molar-refractivity contribution is 0.0987. The molecule has 152 valence electrons. The summed E-state index contributed by atoms with van der Waals surface area (Å²) in [5.41, 5.74) is 5.78. The van der Waals surface area contributed by atoms with Crippen LogP contribution in [0.15, 0.2) is 0 Å². The predicted octanol–water partition coefficient (Wildman–Crippen LogP) is 5.05. The molecule has 0 unspecified atom stereocenters. The van der Waals surface area contributed by atoms with Gasteiger partial charge >= 0.3 is 8.80 Å². The van der Waals surface area contributed by atoms with Gasteiger partial charge in [-0.3, -0.25) is 0 Å². The van der Waals surface area contributed by atoms with E-state index in [-0.39, 0.29) is 0 Å². The standard InChI is InChI=1S/C18H45NO3Si3/c1-9-23(10-2,11-3)18(24(12-4,13-5)14-6)22-25(20-7,21-8)17-15-16-19/h18H,9-17,19H2,1-8H3. The third kappa shape index (κ3) is 5.73. The van der Waals surface area contributed by atoms with Crippen molar-refractivity contribution in [1.82, 2.24) is 0 Å². The van der Waals surface area contributed by atoms with Crippen LogP contribution in [-0.2, 0) is 13.3 Å². The van der Waals surface area contributed by atoms with E-state index in [4.69, 9.17) is 19.0 Å². The van der Waals surface area contributed by atoms with Crippen LogP contribution in [0.4, 0.5) is 0 Å². The summed E-state index contributed by atoms with van der Waals surface area (Å²) in [4.78, 5) is 0. The van der Waals surface area contributed by atoms with E-state index in [1.165, 1.54) is 36.3 Å². The van der Waals surface area contributed by atoms with Crippen LogP contribution in [0.5, 0.6) is 0 Å². The average Bonchev–Trinajstić information content (AvgIpc) is 2.68. The predicted molar refractivity (Wildman–Crippen MR) is 118 cm³/mol. The lowest BCUT2D eigenvalue weighted by Gasteiger charge is -2.50. The van der Waals surface area contributed by atoms with Gasteiger partial charge in [-0.1, -0.05) is 77.8 Å². The molecule has 25 heavy (non-hydrogen) atoms. The molecule has 0 bridgehead atoms. The van der Waals surface area contributed by atoms with Gasteiger partial charge < -0.3 is 19.0 Å². The lowest BCUT2D eigenvalue weighted by atomic mass is 10.5. The number of hydrogen-bond donors (Lipinski definition) is 1. The third-order valence-corrected chi connectivity index (χ3v) is 24.8. The maximum atomic E-state index is 7.08. The smallest absolute Gasteiger partial charge is 0.377 e. The minimum absolute atomic E-state index is 0.421. The Labute approximate surface area is 160 Å². The molecule has 0 saturated carbocycles. The second-order valence-corrected chi connectivity index (χ2v) is 21.6. The molecule has 0 radical (unpaired) electrons. The van der Waals surface area contributed by atoms with Crippen LogP contribution in [-0.4, -0.2) is 51.1 Å². The van der Waals surface area contributed by atoms with Crippen molar-refractivity contribution < 1.29 is 13.3 Å². The molecule has 0 aliphatic carbocycles. The molecular weight excluding hydrogens is 362 g/mol. The van der Waals surface area contributed by atoms with E-state index in [0.29, 0.717) is 11.9 Å². The first-order chi connectivity index (χ1) is 11.9. The summed E-state index contributed by atoms with van der Waals surface area (Å²) in [6, 6.07) is 8.55. The van der Waals surface area contributed by atoms with Crippen molar-refractivity contribution in [2.75, 3.05) is 20.8 Å². The maximum Gasteiger partial charge on any atom is 0.500 e. The lowest BCUT2D eigenvalue weighted by Crippen LogP contribution is -2.67. The summed E-state index contributed by atoms with van der Waals surface area (Å²) in [5.74, 6) is 0. The van der Waals surface area contributed by atoms with Crippen LogP contribution in [0.1, 0.15) is 48.0 Å². The van der Waals surface area contributed by atoms with E-state index in [1.54, 1.807) is 14.2 Å². The van der Waals surface area contributed by atoms with E-state index in [0.717, 1.165) is 12.5 Å². The average molecular weight is 408 g/mol. The summed E-state index contributed by atoms with van der Waals surface area (Å²) in [5, 5.41) is 0.421. The van der Waals surface area contributed by atoms with Gasteiger partial charge in [0.15, 0.2) is 0 Å². The van der Waals surface area contributed by atoms with Crippen LogP contribution >= 0.6 is 0 Å². The monoisotopic (exact) mass is 407 g/mol. The normalized spacial score (nSPS) is 13.7. The van der Waals surface area contributed by atoms with Crippen molar-refractivity contribution >= 4 is 25.0 Å². The van der Waals surface area contributed by atoms with E-state index in [9.17, 15) is 0 Å². The Bertz CT molecular complexity index is 310. The molecule has 2 N–H and O–H groups in total. The summed E-state index contributed by atoms with van der Waals surface area (Å²) >= 11 is 0. The van der Waals surface area contributed by atoms with Crippen molar-refractivity contribution in [3.8, 4) is 0 Å².